The summed E-state index contributed by atoms with van der Waals surface area (Å²) in [7, 11) is 1.67. The normalized spacial score (nSPS) is 16.9. The number of benzene rings is 3. The van der Waals surface area contributed by atoms with Crippen molar-refractivity contribution in [2.45, 2.75) is 82.1 Å². The number of alkyl halides is 3. The second-order valence-corrected chi connectivity index (χ2v) is 12.3. The van der Waals surface area contributed by atoms with Crippen LogP contribution in [0.3, 0.4) is 0 Å². The molecule has 3 aromatic rings. The number of likely N-dealkylation sites (tertiary alicyclic amines) is 1. The van der Waals surface area contributed by atoms with Crippen LogP contribution < -0.4 is 19.5 Å². The first-order valence-corrected chi connectivity index (χ1v) is 16.5. The van der Waals surface area contributed by atoms with Gasteiger partial charge in [-0.2, -0.15) is 13.2 Å². The maximum atomic E-state index is 13.1. The van der Waals surface area contributed by atoms with E-state index in [0.29, 0.717) is 31.7 Å². The van der Waals surface area contributed by atoms with Gasteiger partial charge < -0.3 is 24.4 Å². The van der Waals surface area contributed by atoms with Crippen molar-refractivity contribution >= 4 is 5.91 Å². The largest absolute Gasteiger partial charge is 0.493 e. The van der Waals surface area contributed by atoms with E-state index in [1.165, 1.54) is 25.0 Å². The molecule has 46 heavy (non-hydrogen) atoms. The lowest BCUT2D eigenvalue weighted by Crippen LogP contribution is -2.28. The van der Waals surface area contributed by atoms with Crippen LogP contribution in [0.5, 0.6) is 17.2 Å². The Morgan fingerprint density at radius 1 is 0.913 bits per heavy atom. The zero-order valence-corrected chi connectivity index (χ0v) is 26.6. The molecule has 1 amide bonds. The number of nitrogens with zero attached hydrogens (tertiary/aromatic N) is 1. The molecule has 1 N–H and O–H groups in total. The number of hydrogen-bond donors (Lipinski definition) is 1. The number of carbonyl (C=O) groups is 1. The van der Waals surface area contributed by atoms with Crippen molar-refractivity contribution in [1.82, 2.24) is 10.2 Å². The van der Waals surface area contributed by atoms with E-state index in [0.717, 1.165) is 80.0 Å². The molecule has 5 rings (SSSR count). The zero-order valence-electron chi connectivity index (χ0n) is 26.6. The SMILES string of the molecule is COc1ccc(C(CCCN2CCCC2=O)CNCCC(Oc2ccc(C(F)(F)F)cc2)c2ccccc2)cc1OC1CCCC1. The number of nitrogens with one attached hydrogen (secondary N) is 1. The standard InChI is InChI=1S/C37H45F3N2O4/c1-44-34-20-15-28(25-35(34)46-31-12-5-6-13-31)29(11-7-23-42-24-8-14-36(42)43)26-41-22-21-33(27-9-3-2-4-10-27)45-32-18-16-30(17-19-32)37(38,39)40/h2-4,9-10,15-20,25,29,31,33,41H,5-8,11-14,21-24,26H2,1H3. The van der Waals surface area contributed by atoms with Gasteiger partial charge >= 0.3 is 6.18 Å². The Bertz CT molecular complexity index is 1380. The fourth-order valence-corrected chi connectivity index (χ4v) is 6.44. The Hall–Kier alpha value is -3.72. The van der Waals surface area contributed by atoms with Crippen LogP contribution in [0.1, 0.15) is 86.5 Å². The molecule has 3 aromatic carbocycles. The van der Waals surface area contributed by atoms with Gasteiger partial charge in [-0.3, -0.25) is 4.79 Å². The van der Waals surface area contributed by atoms with Crippen LogP contribution in [0.15, 0.2) is 72.8 Å². The summed E-state index contributed by atoms with van der Waals surface area (Å²) in [5.74, 6) is 2.33. The lowest BCUT2D eigenvalue weighted by atomic mass is 9.93. The first-order valence-electron chi connectivity index (χ1n) is 16.5. The molecule has 0 bridgehead atoms. The first kappa shape index (κ1) is 33.6. The van der Waals surface area contributed by atoms with Crippen molar-refractivity contribution in [1.29, 1.82) is 0 Å². The van der Waals surface area contributed by atoms with Gasteiger partial charge in [-0.15, -0.1) is 0 Å². The molecule has 2 fully saturated rings. The predicted octanol–water partition coefficient (Wildman–Crippen LogP) is 8.32. The van der Waals surface area contributed by atoms with Crippen LogP contribution in [-0.2, 0) is 11.0 Å². The van der Waals surface area contributed by atoms with Crippen LogP contribution in [-0.4, -0.2) is 50.2 Å². The quantitative estimate of drug-likeness (QED) is 0.160. The van der Waals surface area contributed by atoms with Crippen LogP contribution in [0, 0.1) is 0 Å². The number of rotatable bonds is 16. The predicted molar refractivity (Wildman–Crippen MR) is 172 cm³/mol. The summed E-state index contributed by atoms with van der Waals surface area (Å²) in [6.45, 7) is 2.95. The Morgan fingerprint density at radius 2 is 1.67 bits per heavy atom. The Balaban J connectivity index is 1.25. The minimum absolute atomic E-state index is 0.181. The number of methoxy groups -OCH3 is 1. The van der Waals surface area contributed by atoms with E-state index < -0.39 is 11.7 Å². The highest BCUT2D eigenvalue weighted by molar-refractivity contribution is 5.78. The molecule has 0 radical (unpaired) electrons. The summed E-state index contributed by atoms with van der Waals surface area (Å²) in [6.07, 6.45) is 3.94. The maximum absolute atomic E-state index is 13.1. The molecular formula is C37H45F3N2O4. The Morgan fingerprint density at radius 3 is 2.35 bits per heavy atom. The molecule has 248 valence electrons. The summed E-state index contributed by atoms with van der Waals surface area (Å²) in [4.78, 5) is 14.2. The highest BCUT2D eigenvalue weighted by Gasteiger charge is 2.30. The van der Waals surface area contributed by atoms with Crippen molar-refractivity contribution in [3.05, 3.63) is 89.5 Å². The van der Waals surface area contributed by atoms with Gasteiger partial charge in [-0.25, -0.2) is 0 Å². The number of hydrogen-bond acceptors (Lipinski definition) is 5. The molecule has 0 aromatic heterocycles. The maximum Gasteiger partial charge on any atom is 0.416 e. The summed E-state index contributed by atoms with van der Waals surface area (Å²) in [5, 5.41) is 3.63. The lowest BCUT2D eigenvalue weighted by molar-refractivity contribution is -0.137. The molecular weight excluding hydrogens is 593 g/mol. The average molecular weight is 639 g/mol. The molecule has 1 saturated heterocycles. The molecule has 2 atom stereocenters. The number of halogens is 3. The summed E-state index contributed by atoms with van der Waals surface area (Å²) in [6, 6.07) is 20.8. The lowest BCUT2D eigenvalue weighted by Gasteiger charge is -2.24. The monoisotopic (exact) mass is 638 g/mol. The van der Waals surface area contributed by atoms with E-state index in [9.17, 15) is 18.0 Å². The smallest absolute Gasteiger partial charge is 0.416 e. The highest BCUT2D eigenvalue weighted by Crippen LogP contribution is 2.36. The van der Waals surface area contributed by atoms with E-state index in [-0.39, 0.29) is 24.0 Å². The van der Waals surface area contributed by atoms with Gasteiger partial charge in [0, 0.05) is 32.5 Å². The summed E-state index contributed by atoms with van der Waals surface area (Å²) < 4.78 is 57.5. The molecule has 1 aliphatic heterocycles. The molecule has 6 nitrogen and oxygen atoms in total. The van der Waals surface area contributed by atoms with Crippen LogP contribution in [0.25, 0.3) is 0 Å². The Labute approximate surface area is 270 Å². The Kier molecular flexibility index (Phi) is 11.9. The van der Waals surface area contributed by atoms with Gasteiger partial charge in [0.25, 0.3) is 0 Å². The molecule has 2 aliphatic rings. The summed E-state index contributed by atoms with van der Waals surface area (Å²) in [5.41, 5.74) is 1.42. The number of ether oxygens (including phenoxy) is 3. The van der Waals surface area contributed by atoms with Gasteiger partial charge in [0.05, 0.1) is 18.8 Å². The first-order chi connectivity index (χ1) is 22.3. The fourth-order valence-electron chi connectivity index (χ4n) is 6.44. The van der Waals surface area contributed by atoms with Crippen molar-refractivity contribution in [3.63, 3.8) is 0 Å². The minimum atomic E-state index is -4.39. The molecule has 0 spiro atoms. The van der Waals surface area contributed by atoms with Crippen LogP contribution in [0.4, 0.5) is 13.2 Å². The van der Waals surface area contributed by atoms with E-state index in [2.05, 4.69) is 17.4 Å². The van der Waals surface area contributed by atoms with Gasteiger partial charge in [0.2, 0.25) is 5.91 Å². The topological polar surface area (TPSA) is 60.0 Å². The van der Waals surface area contributed by atoms with Gasteiger partial charge in [0.1, 0.15) is 11.9 Å². The zero-order chi connectivity index (χ0) is 32.4. The third-order valence-corrected chi connectivity index (χ3v) is 9.01. The molecule has 1 saturated carbocycles. The van der Waals surface area contributed by atoms with Gasteiger partial charge in [0.15, 0.2) is 11.5 Å². The van der Waals surface area contributed by atoms with Crippen molar-refractivity contribution in [3.8, 4) is 17.2 Å². The minimum Gasteiger partial charge on any atom is -0.493 e. The second-order valence-electron chi connectivity index (χ2n) is 12.3. The molecule has 2 unspecified atom stereocenters. The molecule has 1 aliphatic carbocycles. The van der Waals surface area contributed by atoms with Crippen LogP contribution >= 0.6 is 0 Å². The van der Waals surface area contributed by atoms with Gasteiger partial charge in [-0.05, 0) is 105 Å². The van der Waals surface area contributed by atoms with Gasteiger partial charge in [-0.1, -0.05) is 36.4 Å². The van der Waals surface area contributed by atoms with Crippen molar-refractivity contribution in [2.75, 3.05) is 33.3 Å². The third kappa shape index (κ3) is 9.41. The van der Waals surface area contributed by atoms with Crippen LogP contribution in [0.2, 0.25) is 0 Å². The summed E-state index contributed by atoms with van der Waals surface area (Å²) >= 11 is 0. The highest BCUT2D eigenvalue weighted by atomic mass is 19.4. The second kappa shape index (κ2) is 16.2. The van der Waals surface area contributed by atoms with E-state index in [1.807, 2.05) is 41.3 Å². The fraction of sp³-hybridized carbons (Fsp3) is 0.486. The average Bonchev–Trinajstić information content (AvgIpc) is 3.73. The molecule has 9 heteroatoms. The van der Waals surface area contributed by atoms with E-state index in [1.54, 1.807) is 7.11 Å². The van der Waals surface area contributed by atoms with E-state index >= 15 is 0 Å². The van der Waals surface area contributed by atoms with Crippen molar-refractivity contribution in [2.24, 2.45) is 0 Å². The third-order valence-electron chi connectivity index (χ3n) is 9.01. The number of amides is 1. The van der Waals surface area contributed by atoms with Crippen molar-refractivity contribution < 1.29 is 32.2 Å². The number of carbonyl (C=O) groups excluding carboxylic acids is 1. The molecule has 1 heterocycles. The van der Waals surface area contributed by atoms with E-state index in [4.69, 9.17) is 14.2 Å².